The molecule has 0 bridgehead atoms. The molecule has 3 N–H and O–H groups in total. The molecule has 0 unspecified atom stereocenters. The quantitative estimate of drug-likeness (QED) is 0.762. The lowest BCUT2D eigenvalue weighted by Crippen LogP contribution is -2.33. The Hall–Kier alpha value is -1.96. The van der Waals surface area contributed by atoms with Crippen molar-refractivity contribution in [3.8, 4) is 0 Å². The minimum atomic E-state index is 0.254. The number of hydrogen-bond acceptors (Lipinski definition) is 2. The van der Waals surface area contributed by atoms with Gasteiger partial charge >= 0.3 is 0 Å². The second-order valence-electron chi connectivity index (χ2n) is 8.12. The van der Waals surface area contributed by atoms with E-state index in [1.54, 1.807) is 0 Å². The molecule has 0 saturated carbocycles. The first-order chi connectivity index (χ1) is 10.8. The average Bonchev–Trinajstić information content (AvgIpc) is 2.51. The van der Waals surface area contributed by atoms with Crippen LogP contribution in [0.1, 0.15) is 57.2 Å². The summed E-state index contributed by atoms with van der Waals surface area (Å²) in [6.45, 7) is 10.3. The molecule has 0 atom stereocenters. The molecule has 0 aliphatic heterocycles. The Morgan fingerprint density at radius 1 is 0.870 bits per heavy atom. The van der Waals surface area contributed by atoms with Gasteiger partial charge in [-0.3, -0.25) is 0 Å². The van der Waals surface area contributed by atoms with Gasteiger partial charge in [0.05, 0.1) is 0 Å². The Balaban J connectivity index is 1.84. The van der Waals surface area contributed by atoms with E-state index in [2.05, 4.69) is 63.3 Å². The molecule has 2 heteroatoms. The van der Waals surface area contributed by atoms with Gasteiger partial charge in [0, 0.05) is 17.9 Å². The summed E-state index contributed by atoms with van der Waals surface area (Å²) < 4.78 is 0. The molecule has 122 valence electrons. The van der Waals surface area contributed by atoms with Crippen LogP contribution in [0.25, 0.3) is 0 Å². The van der Waals surface area contributed by atoms with E-state index in [0.717, 1.165) is 12.2 Å². The van der Waals surface area contributed by atoms with Gasteiger partial charge in [0.1, 0.15) is 0 Å². The fourth-order valence-corrected chi connectivity index (χ4v) is 3.54. The molecule has 0 saturated heterocycles. The van der Waals surface area contributed by atoms with Gasteiger partial charge in [-0.05, 0) is 64.6 Å². The van der Waals surface area contributed by atoms with E-state index < -0.39 is 0 Å². The predicted molar refractivity (Wildman–Crippen MR) is 99.9 cm³/mol. The molecule has 1 aliphatic rings. The van der Waals surface area contributed by atoms with Gasteiger partial charge < -0.3 is 11.1 Å². The molecule has 0 amide bonds. The van der Waals surface area contributed by atoms with Gasteiger partial charge in [-0.1, -0.05) is 45.9 Å². The van der Waals surface area contributed by atoms with Crippen LogP contribution in [0.2, 0.25) is 0 Å². The Kier molecular flexibility index (Phi) is 3.87. The lowest BCUT2D eigenvalue weighted by Gasteiger charge is -2.42. The normalized spacial score (nSPS) is 18.3. The van der Waals surface area contributed by atoms with Crippen molar-refractivity contribution < 1.29 is 0 Å². The largest absolute Gasteiger partial charge is 0.399 e. The van der Waals surface area contributed by atoms with Crippen molar-refractivity contribution in [2.75, 3.05) is 11.1 Å². The van der Waals surface area contributed by atoms with Crippen LogP contribution in [-0.4, -0.2) is 0 Å². The van der Waals surface area contributed by atoms with Crippen molar-refractivity contribution in [1.82, 2.24) is 0 Å². The standard InChI is InChI=1S/C21H28N2/c1-20(2)11-12-21(3,4)19-13-17(9-10-18(19)20)23-14-15-5-7-16(22)8-6-15/h5-10,13,23H,11-12,14,22H2,1-4H3. The van der Waals surface area contributed by atoms with E-state index in [1.165, 1.54) is 35.2 Å². The summed E-state index contributed by atoms with van der Waals surface area (Å²) in [5, 5.41) is 3.55. The van der Waals surface area contributed by atoms with Crippen molar-refractivity contribution in [3.63, 3.8) is 0 Å². The summed E-state index contributed by atoms with van der Waals surface area (Å²) in [5.41, 5.74) is 12.5. The molecule has 0 fully saturated rings. The van der Waals surface area contributed by atoms with Crippen molar-refractivity contribution in [2.45, 2.75) is 57.9 Å². The van der Waals surface area contributed by atoms with E-state index >= 15 is 0 Å². The lowest BCUT2D eigenvalue weighted by molar-refractivity contribution is 0.332. The van der Waals surface area contributed by atoms with Crippen LogP contribution in [0.15, 0.2) is 42.5 Å². The topological polar surface area (TPSA) is 38.0 Å². The van der Waals surface area contributed by atoms with Crippen molar-refractivity contribution in [2.24, 2.45) is 0 Å². The number of nitrogens with two attached hydrogens (primary N) is 1. The highest BCUT2D eigenvalue weighted by Crippen LogP contribution is 2.46. The van der Waals surface area contributed by atoms with Crippen molar-refractivity contribution >= 4 is 11.4 Å². The third-order valence-corrected chi connectivity index (χ3v) is 5.33. The summed E-state index contributed by atoms with van der Waals surface area (Å²) in [6.07, 6.45) is 2.50. The number of anilines is 2. The Bertz CT molecular complexity index is 696. The van der Waals surface area contributed by atoms with E-state index in [0.29, 0.717) is 0 Å². The number of nitrogens with one attached hydrogen (secondary N) is 1. The third-order valence-electron chi connectivity index (χ3n) is 5.33. The van der Waals surface area contributed by atoms with Crippen LogP contribution in [0.5, 0.6) is 0 Å². The molecule has 1 aliphatic carbocycles. The summed E-state index contributed by atoms with van der Waals surface area (Å²) in [4.78, 5) is 0. The Morgan fingerprint density at radius 2 is 1.48 bits per heavy atom. The summed E-state index contributed by atoms with van der Waals surface area (Å²) in [5.74, 6) is 0. The zero-order valence-corrected chi connectivity index (χ0v) is 14.7. The minimum Gasteiger partial charge on any atom is -0.399 e. The molecule has 2 aromatic rings. The van der Waals surface area contributed by atoms with E-state index in [-0.39, 0.29) is 10.8 Å². The molecule has 0 radical (unpaired) electrons. The molecule has 2 nitrogen and oxygen atoms in total. The molecule has 3 rings (SSSR count). The molecule has 0 spiro atoms. The lowest BCUT2D eigenvalue weighted by atomic mass is 9.63. The first-order valence-electron chi connectivity index (χ1n) is 8.51. The highest BCUT2D eigenvalue weighted by molar-refractivity contribution is 5.54. The first-order valence-corrected chi connectivity index (χ1v) is 8.51. The second-order valence-corrected chi connectivity index (χ2v) is 8.12. The van der Waals surface area contributed by atoms with Gasteiger partial charge in [-0.2, -0.15) is 0 Å². The number of nitrogen functional groups attached to an aromatic ring is 1. The zero-order chi connectivity index (χ0) is 16.7. The van der Waals surface area contributed by atoms with Crippen molar-refractivity contribution in [3.05, 3.63) is 59.2 Å². The van der Waals surface area contributed by atoms with Gasteiger partial charge in [-0.15, -0.1) is 0 Å². The highest BCUT2D eigenvalue weighted by atomic mass is 14.9. The van der Waals surface area contributed by atoms with Crippen LogP contribution in [0.4, 0.5) is 11.4 Å². The van der Waals surface area contributed by atoms with E-state index in [4.69, 9.17) is 5.73 Å². The minimum absolute atomic E-state index is 0.254. The third kappa shape index (κ3) is 3.21. The number of hydrogen-bond donors (Lipinski definition) is 2. The summed E-state index contributed by atoms with van der Waals surface area (Å²) in [7, 11) is 0. The van der Waals surface area contributed by atoms with Gasteiger partial charge in [0.25, 0.3) is 0 Å². The highest BCUT2D eigenvalue weighted by Gasteiger charge is 2.36. The van der Waals surface area contributed by atoms with Crippen LogP contribution in [0, 0.1) is 0 Å². The molecule has 0 heterocycles. The maximum absolute atomic E-state index is 5.75. The van der Waals surface area contributed by atoms with Crippen LogP contribution in [-0.2, 0) is 17.4 Å². The monoisotopic (exact) mass is 308 g/mol. The van der Waals surface area contributed by atoms with Gasteiger partial charge in [0.15, 0.2) is 0 Å². The average molecular weight is 308 g/mol. The molecule has 2 aromatic carbocycles. The Labute approximate surface area is 140 Å². The summed E-state index contributed by atoms with van der Waals surface area (Å²) >= 11 is 0. The summed E-state index contributed by atoms with van der Waals surface area (Å²) in [6, 6.07) is 15.0. The molecular weight excluding hydrogens is 280 g/mol. The number of rotatable bonds is 3. The molecule has 0 aromatic heterocycles. The maximum atomic E-state index is 5.75. The smallest absolute Gasteiger partial charge is 0.0400 e. The molecule has 23 heavy (non-hydrogen) atoms. The Morgan fingerprint density at radius 3 is 2.13 bits per heavy atom. The fourth-order valence-electron chi connectivity index (χ4n) is 3.54. The second kappa shape index (κ2) is 5.59. The van der Waals surface area contributed by atoms with Crippen LogP contribution >= 0.6 is 0 Å². The first kappa shape index (κ1) is 15.9. The maximum Gasteiger partial charge on any atom is 0.0400 e. The number of fused-ring (bicyclic) bond motifs is 1. The van der Waals surface area contributed by atoms with Gasteiger partial charge in [-0.25, -0.2) is 0 Å². The number of benzene rings is 2. The van der Waals surface area contributed by atoms with E-state index in [9.17, 15) is 0 Å². The van der Waals surface area contributed by atoms with Crippen molar-refractivity contribution in [1.29, 1.82) is 0 Å². The SMILES string of the molecule is CC1(C)CCC(C)(C)c2cc(NCc3ccc(N)cc3)ccc21. The zero-order valence-electron chi connectivity index (χ0n) is 14.7. The van der Waals surface area contributed by atoms with E-state index in [1.807, 2.05) is 12.1 Å². The van der Waals surface area contributed by atoms with Crippen LogP contribution < -0.4 is 11.1 Å². The fraction of sp³-hybridized carbons (Fsp3) is 0.429. The molecular formula is C21H28N2. The van der Waals surface area contributed by atoms with Gasteiger partial charge in [0.2, 0.25) is 0 Å². The van der Waals surface area contributed by atoms with Crippen LogP contribution in [0.3, 0.4) is 0 Å². The predicted octanol–water partition coefficient (Wildman–Crippen LogP) is 5.23.